The summed E-state index contributed by atoms with van der Waals surface area (Å²) in [4.78, 5) is 11.2. The van der Waals surface area contributed by atoms with E-state index < -0.39 is 0 Å². The maximum atomic E-state index is 10.4. The molecule has 31 heavy (non-hydrogen) atoms. The normalized spacial score (nSPS) is 39.5. The van der Waals surface area contributed by atoms with Crippen molar-refractivity contribution < 1.29 is 20.0 Å². The second-order valence-corrected chi connectivity index (χ2v) is 11.4. The molecule has 0 bridgehead atoms. The molecule has 0 saturated heterocycles. The monoisotopic (exact) mass is 432 g/mol. The molecule has 0 aromatic carbocycles. The second kappa shape index (κ2) is 9.67. The van der Waals surface area contributed by atoms with Gasteiger partial charge in [0.1, 0.15) is 12.7 Å². The first-order valence-corrected chi connectivity index (χ1v) is 12.9. The Morgan fingerprint density at radius 1 is 1.06 bits per heavy atom. The van der Waals surface area contributed by atoms with Crippen molar-refractivity contribution in [1.29, 1.82) is 0 Å². The summed E-state index contributed by atoms with van der Waals surface area (Å²) in [5.41, 5.74) is 4.26. The molecule has 1 heterocycles. The second-order valence-electron chi connectivity index (χ2n) is 11.4. The van der Waals surface area contributed by atoms with Gasteiger partial charge < -0.3 is 10.2 Å². The van der Waals surface area contributed by atoms with Crippen molar-refractivity contribution in [2.45, 2.75) is 110 Å². The fraction of sp³-hybridized carbons (Fsp3) is 0.852. The number of hydrogen-bond donors (Lipinski definition) is 2. The first-order valence-electron chi connectivity index (χ1n) is 12.9. The van der Waals surface area contributed by atoms with Gasteiger partial charge in [-0.05, 0) is 111 Å². The molecule has 0 aromatic heterocycles. The third-order valence-corrected chi connectivity index (χ3v) is 9.25. The van der Waals surface area contributed by atoms with Crippen LogP contribution in [0, 0.1) is 29.1 Å². The van der Waals surface area contributed by atoms with Gasteiger partial charge in [-0.1, -0.05) is 33.3 Å². The molecule has 7 atom stereocenters. The van der Waals surface area contributed by atoms with E-state index in [0.29, 0.717) is 29.8 Å². The van der Waals surface area contributed by atoms with Gasteiger partial charge in [-0.25, -0.2) is 9.78 Å². The van der Waals surface area contributed by atoms with Crippen molar-refractivity contribution in [3.63, 3.8) is 0 Å². The molecule has 4 heteroatoms. The van der Waals surface area contributed by atoms with Gasteiger partial charge in [-0.3, -0.25) is 0 Å². The van der Waals surface area contributed by atoms with E-state index in [1.807, 2.05) is 0 Å². The Hall–Kier alpha value is -0.680. The molecule has 176 valence electrons. The Morgan fingerprint density at radius 3 is 2.65 bits per heavy atom. The van der Waals surface area contributed by atoms with Crippen molar-refractivity contribution in [3.8, 4) is 0 Å². The first kappa shape index (κ1) is 23.5. The van der Waals surface area contributed by atoms with Crippen LogP contribution in [0.1, 0.15) is 91.9 Å². The minimum Gasteiger partial charge on any atom is -0.393 e. The molecule has 2 fully saturated rings. The zero-order valence-electron chi connectivity index (χ0n) is 20.1. The lowest BCUT2D eigenvalue weighted by atomic mass is 9.60. The standard InChI is InChI=1S/C27H44O4/c1-17(2)24(28)13-10-18(3)22-11-12-23-19(7-6-14-27(22,23)4)15-26-20-8-5-9-25(29)21(20)16-30-31-26/h15,17-18,22-26,28-29H,5-14,16H2,1-4H3/b19-15+/t18-,22-,23-,24-,25+,26-,27-/m1/s1. The van der Waals surface area contributed by atoms with E-state index in [1.54, 1.807) is 5.57 Å². The zero-order chi connectivity index (χ0) is 22.2. The highest BCUT2D eigenvalue weighted by molar-refractivity contribution is 5.32. The molecule has 4 nitrogen and oxygen atoms in total. The van der Waals surface area contributed by atoms with Gasteiger partial charge in [0.05, 0.1) is 12.2 Å². The summed E-state index contributed by atoms with van der Waals surface area (Å²) in [6, 6.07) is 0. The Bertz CT molecular complexity index is 695. The number of rotatable bonds is 6. The number of aliphatic hydroxyl groups is 2. The van der Waals surface area contributed by atoms with Crippen LogP contribution in [0.25, 0.3) is 0 Å². The van der Waals surface area contributed by atoms with Crippen molar-refractivity contribution in [3.05, 3.63) is 22.8 Å². The van der Waals surface area contributed by atoms with E-state index in [2.05, 4.69) is 33.8 Å². The van der Waals surface area contributed by atoms with E-state index in [0.717, 1.165) is 43.6 Å². The SMILES string of the molecule is CC(C)[C@H](O)CC[C@@H](C)[C@H]1CC[C@@H]2/C(=C/[C@H]3OOCC4=C3CCC[C@@H]4O)CCC[C@@]21C. The van der Waals surface area contributed by atoms with Crippen LogP contribution in [0.2, 0.25) is 0 Å². The predicted molar refractivity (Wildman–Crippen MR) is 123 cm³/mol. The Morgan fingerprint density at radius 2 is 1.87 bits per heavy atom. The van der Waals surface area contributed by atoms with Crippen LogP contribution in [0.3, 0.4) is 0 Å². The van der Waals surface area contributed by atoms with Crippen LogP contribution in [0.15, 0.2) is 22.8 Å². The van der Waals surface area contributed by atoms with Crippen molar-refractivity contribution in [2.24, 2.45) is 29.1 Å². The minimum atomic E-state index is -0.358. The lowest BCUT2D eigenvalue weighted by Gasteiger charge is -2.45. The highest BCUT2D eigenvalue weighted by Crippen LogP contribution is 2.60. The van der Waals surface area contributed by atoms with Gasteiger partial charge in [0.15, 0.2) is 0 Å². The molecule has 0 aromatic rings. The Kier molecular flexibility index (Phi) is 7.32. The molecule has 1 aliphatic heterocycles. The summed E-state index contributed by atoms with van der Waals surface area (Å²) < 4.78 is 0. The molecule has 0 radical (unpaired) electrons. The smallest absolute Gasteiger partial charge is 0.133 e. The van der Waals surface area contributed by atoms with Gasteiger partial charge in [0.2, 0.25) is 0 Å². The minimum absolute atomic E-state index is 0.117. The van der Waals surface area contributed by atoms with Gasteiger partial charge >= 0.3 is 0 Å². The largest absolute Gasteiger partial charge is 0.393 e. The molecule has 0 unspecified atom stereocenters. The van der Waals surface area contributed by atoms with E-state index >= 15 is 0 Å². The molecule has 0 amide bonds. The summed E-state index contributed by atoms with van der Waals surface area (Å²) in [6.07, 6.45) is 12.9. The van der Waals surface area contributed by atoms with Crippen LogP contribution in [-0.2, 0) is 9.78 Å². The van der Waals surface area contributed by atoms with Gasteiger partial charge in [-0.15, -0.1) is 0 Å². The summed E-state index contributed by atoms with van der Waals surface area (Å²) in [5, 5.41) is 20.7. The predicted octanol–water partition coefficient (Wildman–Crippen LogP) is 5.73. The van der Waals surface area contributed by atoms with Gasteiger partial charge in [-0.2, -0.15) is 0 Å². The van der Waals surface area contributed by atoms with Crippen molar-refractivity contribution >= 4 is 0 Å². The lowest BCUT2D eigenvalue weighted by molar-refractivity contribution is -0.311. The number of allylic oxidation sites excluding steroid dienone is 1. The molecule has 4 aliphatic rings. The summed E-state index contributed by atoms with van der Waals surface area (Å²) in [5.74, 6) is 2.36. The average Bonchev–Trinajstić information content (AvgIpc) is 3.10. The molecule has 2 saturated carbocycles. The summed E-state index contributed by atoms with van der Waals surface area (Å²) >= 11 is 0. The topological polar surface area (TPSA) is 58.9 Å². The van der Waals surface area contributed by atoms with E-state index in [1.165, 1.54) is 37.7 Å². The average molecular weight is 433 g/mol. The van der Waals surface area contributed by atoms with E-state index in [4.69, 9.17) is 9.78 Å². The molecule has 0 spiro atoms. The van der Waals surface area contributed by atoms with Crippen LogP contribution in [0.4, 0.5) is 0 Å². The zero-order valence-corrected chi connectivity index (χ0v) is 20.1. The molecular weight excluding hydrogens is 388 g/mol. The summed E-state index contributed by atoms with van der Waals surface area (Å²) in [6.45, 7) is 9.60. The van der Waals surface area contributed by atoms with Gasteiger partial charge in [0, 0.05) is 0 Å². The van der Waals surface area contributed by atoms with Crippen molar-refractivity contribution in [2.75, 3.05) is 6.61 Å². The highest BCUT2D eigenvalue weighted by Gasteiger charge is 2.51. The quantitative estimate of drug-likeness (QED) is 0.415. The van der Waals surface area contributed by atoms with Crippen LogP contribution in [-0.4, -0.2) is 35.1 Å². The maximum Gasteiger partial charge on any atom is 0.133 e. The summed E-state index contributed by atoms with van der Waals surface area (Å²) in [7, 11) is 0. The third kappa shape index (κ3) is 4.69. The third-order valence-electron chi connectivity index (χ3n) is 9.25. The van der Waals surface area contributed by atoms with E-state index in [-0.39, 0.29) is 18.3 Å². The molecule has 3 aliphatic carbocycles. The Labute approximate surface area is 189 Å². The van der Waals surface area contributed by atoms with Gasteiger partial charge in [0.25, 0.3) is 0 Å². The number of fused-ring (bicyclic) bond motifs is 1. The van der Waals surface area contributed by atoms with Crippen LogP contribution < -0.4 is 0 Å². The fourth-order valence-electron chi connectivity index (χ4n) is 7.28. The molecule has 2 N–H and O–H groups in total. The van der Waals surface area contributed by atoms with E-state index in [9.17, 15) is 10.2 Å². The highest BCUT2D eigenvalue weighted by atomic mass is 17.2. The fourth-order valence-corrected chi connectivity index (χ4v) is 7.28. The molecule has 4 rings (SSSR count). The lowest BCUT2D eigenvalue weighted by Crippen LogP contribution is -2.37. The Balaban J connectivity index is 1.49. The maximum absolute atomic E-state index is 10.4. The van der Waals surface area contributed by atoms with Crippen LogP contribution >= 0.6 is 0 Å². The number of aliphatic hydroxyl groups excluding tert-OH is 2. The van der Waals surface area contributed by atoms with Crippen molar-refractivity contribution in [1.82, 2.24) is 0 Å². The number of hydrogen-bond acceptors (Lipinski definition) is 4. The first-order chi connectivity index (χ1) is 14.8. The molecular formula is C27H44O4. The van der Waals surface area contributed by atoms with Crippen LogP contribution in [0.5, 0.6) is 0 Å².